The number of thiophene rings is 1. The van der Waals surface area contributed by atoms with E-state index in [0.717, 1.165) is 17.0 Å². The van der Waals surface area contributed by atoms with E-state index < -0.39 is 5.90 Å². The lowest BCUT2D eigenvalue weighted by molar-refractivity contribution is -0.670. The van der Waals surface area contributed by atoms with Crippen LogP contribution < -0.4 is 21.3 Å². The number of pyridine rings is 1. The molecule has 2 aromatic carbocycles. The van der Waals surface area contributed by atoms with Gasteiger partial charge in [0.05, 0.1) is 10.6 Å². The SMILES string of the molecule is N#Cc1c(N)nc2sc(/C([O-])=N/c3c[n+](-c4ccccc4)no3)c(N)c2c1-c1ccc(Cl)cc1. The summed E-state index contributed by atoms with van der Waals surface area (Å²) in [4.78, 5) is 8.87. The van der Waals surface area contributed by atoms with Gasteiger partial charge in [0.15, 0.2) is 0 Å². The third kappa shape index (κ3) is 3.69. The Morgan fingerprint density at radius 2 is 1.88 bits per heavy atom. The van der Waals surface area contributed by atoms with E-state index in [1.54, 1.807) is 24.3 Å². The van der Waals surface area contributed by atoms with Gasteiger partial charge in [0.25, 0.3) is 6.20 Å². The number of nitriles is 1. The molecule has 0 aliphatic heterocycles. The minimum absolute atomic E-state index is 0.00817. The van der Waals surface area contributed by atoms with Crippen molar-refractivity contribution in [1.82, 2.24) is 10.3 Å². The van der Waals surface area contributed by atoms with Crippen LogP contribution in [-0.2, 0) is 0 Å². The second kappa shape index (κ2) is 8.47. The molecule has 34 heavy (non-hydrogen) atoms. The Hall–Kier alpha value is -4.46. The number of fused-ring (bicyclic) bond motifs is 1. The molecule has 0 aliphatic rings. The van der Waals surface area contributed by atoms with Gasteiger partial charge in [0.1, 0.15) is 22.3 Å². The predicted molar refractivity (Wildman–Crippen MR) is 128 cm³/mol. The second-order valence-electron chi connectivity index (χ2n) is 7.13. The smallest absolute Gasteiger partial charge is 0.321 e. The molecule has 0 radical (unpaired) electrons. The highest BCUT2D eigenvalue weighted by molar-refractivity contribution is 7.21. The third-order valence-corrected chi connectivity index (χ3v) is 6.37. The van der Waals surface area contributed by atoms with Crippen LogP contribution in [0.25, 0.3) is 27.0 Å². The number of aromatic nitrogens is 3. The van der Waals surface area contributed by atoms with E-state index in [1.165, 1.54) is 10.9 Å². The van der Waals surface area contributed by atoms with Crippen molar-refractivity contribution in [3.8, 4) is 22.9 Å². The Morgan fingerprint density at radius 3 is 2.59 bits per heavy atom. The number of rotatable bonds is 4. The minimum Gasteiger partial charge on any atom is -0.857 e. The second-order valence-corrected chi connectivity index (χ2v) is 8.56. The zero-order valence-electron chi connectivity index (χ0n) is 17.3. The van der Waals surface area contributed by atoms with Gasteiger partial charge >= 0.3 is 5.88 Å². The number of para-hydroxylation sites is 1. The van der Waals surface area contributed by atoms with Crippen LogP contribution in [0.2, 0.25) is 5.02 Å². The number of aliphatic imine (C=N–C) groups is 1. The summed E-state index contributed by atoms with van der Waals surface area (Å²) < 4.78 is 6.64. The van der Waals surface area contributed by atoms with Crippen molar-refractivity contribution in [3.05, 3.63) is 76.3 Å². The molecule has 0 bridgehead atoms. The third-order valence-electron chi connectivity index (χ3n) is 5.03. The Morgan fingerprint density at radius 1 is 1.15 bits per heavy atom. The summed E-state index contributed by atoms with van der Waals surface area (Å²) in [6, 6.07) is 18.2. The van der Waals surface area contributed by atoms with E-state index in [2.05, 4.69) is 21.3 Å². The van der Waals surface area contributed by atoms with Crippen molar-refractivity contribution < 1.29 is 14.3 Å². The molecule has 0 unspecified atom stereocenters. The number of hydrogen-bond acceptors (Lipinski definition) is 9. The maximum Gasteiger partial charge on any atom is 0.321 e. The summed E-state index contributed by atoms with van der Waals surface area (Å²) in [7, 11) is 0. The predicted octanol–water partition coefficient (Wildman–Crippen LogP) is 3.36. The zero-order chi connectivity index (χ0) is 23.8. The van der Waals surface area contributed by atoms with Gasteiger partial charge in [0.2, 0.25) is 11.0 Å². The number of halogens is 1. The summed E-state index contributed by atoms with van der Waals surface area (Å²) in [6.45, 7) is 0. The number of hydrogen-bond donors (Lipinski definition) is 2. The first kappa shape index (κ1) is 21.4. The Balaban J connectivity index is 1.64. The topological polar surface area (TPSA) is 154 Å². The Kier molecular flexibility index (Phi) is 5.33. The molecule has 0 spiro atoms. The molecule has 4 N–H and O–H groups in total. The van der Waals surface area contributed by atoms with Gasteiger partial charge in [-0.25, -0.2) is 9.98 Å². The maximum absolute atomic E-state index is 13.0. The van der Waals surface area contributed by atoms with E-state index in [-0.39, 0.29) is 27.8 Å². The van der Waals surface area contributed by atoms with Gasteiger partial charge < -0.3 is 16.6 Å². The average Bonchev–Trinajstić information content (AvgIpc) is 3.44. The Bertz CT molecular complexity index is 1600. The van der Waals surface area contributed by atoms with E-state index >= 15 is 0 Å². The molecule has 5 rings (SSSR count). The summed E-state index contributed by atoms with van der Waals surface area (Å²) in [6.07, 6.45) is 1.49. The molecule has 0 saturated heterocycles. The van der Waals surface area contributed by atoms with Crippen molar-refractivity contribution in [2.24, 2.45) is 4.99 Å². The Labute approximate surface area is 201 Å². The molecule has 0 aliphatic carbocycles. The first-order valence-electron chi connectivity index (χ1n) is 9.84. The van der Waals surface area contributed by atoms with Crippen molar-refractivity contribution in [1.29, 1.82) is 5.26 Å². The highest BCUT2D eigenvalue weighted by atomic mass is 35.5. The lowest BCUT2D eigenvalue weighted by Gasteiger charge is -2.10. The molecule has 11 heteroatoms. The molecule has 3 aromatic heterocycles. The van der Waals surface area contributed by atoms with Gasteiger partial charge in [-0.05, 0) is 22.4 Å². The standard InChI is InChI=1S/C23H14ClN7O2S/c24-13-8-6-12(7-9-13)17-15(10-25)21(27)29-23-18(17)19(26)20(34-23)22(32)28-16-11-31(30-33-16)14-4-2-1-3-5-14/h1-9,11H,(H4-,26,27,28,29,30,32). The number of nitrogens with zero attached hydrogens (tertiary/aromatic N) is 5. The molecule has 0 amide bonds. The van der Waals surface area contributed by atoms with Crippen LogP contribution in [0.4, 0.5) is 17.4 Å². The monoisotopic (exact) mass is 487 g/mol. The molecule has 5 aromatic rings. The molecular weight excluding hydrogens is 474 g/mol. The average molecular weight is 488 g/mol. The van der Waals surface area contributed by atoms with Crippen LogP contribution in [-0.4, -0.2) is 16.2 Å². The summed E-state index contributed by atoms with van der Waals surface area (Å²) in [5.74, 6) is -0.582. The van der Waals surface area contributed by atoms with Crippen molar-refractivity contribution in [2.75, 3.05) is 11.5 Å². The van der Waals surface area contributed by atoms with Crippen LogP contribution in [0, 0.1) is 11.3 Å². The fourth-order valence-corrected chi connectivity index (χ4v) is 4.61. The van der Waals surface area contributed by atoms with Crippen LogP contribution >= 0.6 is 22.9 Å². The van der Waals surface area contributed by atoms with Crippen LogP contribution in [0.1, 0.15) is 10.4 Å². The van der Waals surface area contributed by atoms with Gasteiger partial charge in [0, 0.05) is 34.0 Å². The summed E-state index contributed by atoms with van der Waals surface area (Å²) >= 11 is 7.06. The summed E-state index contributed by atoms with van der Waals surface area (Å²) in [5.41, 5.74) is 14.7. The lowest BCUT2D eigenvalue weighted by Crippen LogP contribution is -2.30. The van der Waals surface area contributed by atoms with Gasteiger partial charge in [-0.1, -0.05) is 41.9 Å². The molecule has 9 nitrogen and oxygen atoms in total. The van der Waals surface area contributed by atoms with Crippen LogP contribution in [0.3, 0.4) is 0 Å². The molecule has 3 heterocycles. The normalized spacial score (nSPS) is 11.6. The van der Waals surface area contributed by atoms with E-state index in [1.807, 2.05) is 30.3 Å². The molecule has 0 fully saturated rings. The van der Waals surface area contributed by atoms with Crippen molar-refractivity contribution in [3.63, 3.8) is 0 Å². The molecular formula is C23H14ClN7O2S. The number of benzene rings is 2. The van der Waals surface area contributed by atoms with Gasteiger partial charge in [-0.3, -0.25) is 4.52 Å². The number of nitrogens with two attached hydrogens (primary N) is 2. The fourth-order valence-electron chi connectivity index (χ4n) is 3.49. The van der Waals surface area contributed by atoms with E-state index in [0.29, 0.717) is 26.4 Å². The quantitative estimate of drug-likeness (QED) is 0.224. The number of anilines is 2. The molecule has 166 valence electrons. The largest absolute Gasteiger partial charge is 0.857 e. The van der Waals surface area contributed by atoms with Gasteiger partial charge in [-0.2, -0.15) is 5.26 Å². The van der Waals surface area contributed by atoms with Crippen LogP contribution in [0.5, 0.6) is 0 Å². The molecule has 0 saturated carbocycles. The zero-order valence-corrected chi connectivity index (χ0v) is 18.8. The van der Waals surface area contributed by atoms with Crippen LogP contribution in [0.15, 0.2) is 70.3 Å². The first-order chi connectivity index (χ1) is 16.5. The summed E-state index contributed by atoms with van der Waals surface area (Å²) in [5, 5.41) is 27.6. The first-order valence-corrected chi connectivity index (χ1v) is 11.0. The maximum atomic E-state index is 13.0. The highest BCUT2D eigenvalue weighted by Gasteiger charge is 2.22. The highest BCUT2D eigenvalue weighted by Crippen LogP contribution is 2.42. The molecule has 0 atom stereocenters. The van der Waals surface area contributed by atoms with Crippen molar-refractivity contribution in [2.45, 2.75) is 0 Å². The van der Waals surface area contributed by atoms with E-state index in [4.69, 9.17) is 27.6 Å². The van der Waals surface area contributed by atoms with E-state index in [9.17, 15) is 10.4 Å². The minimum atomic E-state index is -0.629. The lowest BCUT2D eigenvalue weighted by atomic mass is 9.97. The van der Waals surface area contributed by atoms with Crippen molar-refractivity contribution >= 4 is 56.4 Å². The number of nitrogen functional groups attached to an aromatic ring is 2. The van der Waals surface area contributed by atoms with Gasteiger partial charge in [-0.15, -0.1) is 11.3 Å². The fraction of sp³-hybridized carbons (Fsp3) is 0.